The van der Waals surface area contributed by atoms with Crippen molar-refractivity contribution in [3.05, 3.63) is 45.8 Å². The van der Waals surface area contributed by atoms with Gasteiger partial charge in [0, 0.05) is 30.4 Å². The molecule has 1 aliphatic rings. The molecule has 2 aromatic heterocycles. The molecule has 0 spiro atoms. The molecule has 3 aromatic rings. The van der Waals surface area contributed by atoms with E-state index in [1.165, 1.54) is 18.0 Å². The van der Waals surface area contributed by atoms with E-state index in [-0.39, 0.29) is 30.5 Å². The van der Waals surface area contributed by atoms with Gasteiger partial charge in [0.2, 0.25) is 5.91 Å². The van der Waals surface area contributed by atoms with Gasteiger partial charge >= 0.3 is 0 Å². The van der Waals surface area contributed by atoms with E-state index in [9.17, 15) is 9.59 Å². The number of hydrogen-bond donors (Lipinski definition) is 1. The van der Waals surface area contributed by atoms with Gasteiger partial charge in [-0.1, -0.05) is 23.4 Å². The molecule has 32 heavy (non-hydrogen) atoms. The van der Waals surface area contributed by atoms with Gasteiger partial charge in [0.15, 0.2) is 17.1 Å². The number of rotatable bonds is 9. The number of carbonyl (C=O) groups excluding carboxylic acids is 1. The molecule has 1 unspecified atom stereocenters. The highest BCUT2D eigenvalue weighted by Crippen LogP contribution is 2.33. The van der Waals surface area contributed by atoms with Gasteiger partial charge in [-0.05, 0) is 38.1 Å². The molecule has 0 fully saturated rings. The van der Waals surface area contributed by atoms with E-state index in [1.807, 2.05) is 26.0 Å². The van der Waals surface area contributed by atoms with E-state index in [2.05, 4.69) is 15.4 Å². The highest BCUT2D eigenvalue weighted by Gasteiger charge is 2.29. The quantitative estimate of drug-likeness (QED) is 0.373. The van der Waals surface area contributed by atoms with Crippen molar-refractivity contribution < 1.29 is 14.3 Å². The monoisotopic (exact) mass is 477 g/mol. The third-order valence-corrected chi connectivity index (χ3v) is 6.38. The molecule has 11 heteroatoms. The molecule has 0 radical (unpaired) electrons. The minimum absolute atomic E-state index is 0.170. The molecule has 0 aliphatic carbocycles. The Balaban J connectivity index is 1.53. The maximum Gasteiger partial charge on any atom is 0.265 e. The van der Waals surface area contributed by atoms with Crippen LogP contribution in [-0.4, -0.2) is 57.0 Å². The second-order valence-corrected chi connectivity index (χ2v) is 8.58. The number of thioether (sulfide) groups is 1. The minimum atomic E-state index is -0.484. The van der Waals surface area contributed by atoms with Gasteiger partial charge in [-0.25, -0.2) is 9.67 Å². The van der Waals surface area contributed by atoms with Crippen molar-refractivity contribution in [3.63, 3.8) is 0 Å². The van der Waals surface area contributed by atoms with Crippen molar-refractivity contribution in [1.29, 1.82) is 0 Å². The maximum absolute atomic E-state index is 13.2. The van der Waals surface area contributed by atoms with Crippen molar-refractivity contribution in [3.8, 4) is 5.69 Å². The van der Waals surface area contributed by atoms with E-state index in [1.54, 1.807) is 21.4 Å². The number of carbonyl (C=O) groups is 1. The van der Waals surface area contributed by atoms with Crippen LogP contribution in [0.25, 0.3) is 16.7 Å². The number of amides is 1. The average molecular weight is 478 g/mol. The molecule has 1 aromatic carbocycles. The van der Waals surface area contributed by atoms with Crippen molar-refractivity contribution in [2.75, 3.05) is 25.5 Å². The van der Waals surface area contributed by atoms with Crippen LogP contribution in [0.15, 0.2) is 40.4 Å². The van der Waals surface area contributed by atoms with Crippen LogP contribution < -0.4 is 10.9 Å². The number of hydrogen-bond acceptors (Lipinski definition) is 7. The third kappa shape index (κ3) is 4.68. The summed E-state index contributed by atoms with van der Waals surface area (Å²) in [6.45, 7) is 4.99. The van der Waals surface area contributed by atoms with E-state index < -0.39 is 6.29 Å². The number of fused-ring (bicyclic) bond motifs is 2. The summed E-state index contributed by atoms with van der Waals surface area (Å²) in [5, 5.41) is 8.79. The smallest absolute Gasteiger partial charge is 0.265 e. The van der Waals surface area contributed by atoms with Crippen molar-refractivity contribution in [1.82, 2.24) is 24.6 Å². The number of halogens is 1. The highest BCUT2D eigenvalue weighted by atomic mass is 35.5. The summed E-state index contributed by atoms with van der Waals surface area (Å²) in [5.74, 6) is 0.425. The van der Waals surface area contributed by atoms with Gasteiger partial charge in [0.1, 0.15) is 5.39 Å². The summed E-state index contributed by atoms with van der Waals surface area (Å²) in [6, 6.07) is 6.88. The standard InChI is InChI=1S/C21H24ClN5O4S/c1-3-30-18(31-4-2)11-23-17(28)9-15-12-32-21-25-19-16(20(29)26(15)21)10-24-27(19)14-7-5-13(22)6-8-14/h5-8,10,15,18H,3-4,9,11-12H2,1-2H3,(H,23,28). The largest absolute Gasteiger partial charge is 0.351 e. The van der Waals surface area contributed by atoms with Crippen LogP contribution in [0.5, 0.6) is 0 Å². The zero-order chi connectivity index (χ0) is 22.7. The number of benzene rings is 1. The SMILES string of the molecule is CCOC(CNC(=O)CC1CSc2nc3c(cnn3-c3ccc(Cl)cc3)c(=O)n21)OCC. The Hall–Kier alpha value is -2.40. The summed E-state index contributed by atoms with van der Waals surface area (Å²) in [5.41, 5.74) is 1.05. The Morgan fingerprint density at radius 3 is 2.69 bits per heavy atom. The Labute approximate surface area is 194 Å². The summed E-state index contributed by atoms with van der Waals surface area (Å²) in [6.07, 6.45) is 1.20. The topological polar surface area (TPSA) is 100 Å². The van der Waals surface area contributed by atoms with Crippen LogP contribution in [0.1, 0.15) is 26.3 Å². The van der Waals surface area contributed by atoms with Gasteiger partial charge in [0.05, 0.1) is 24.5 Å². The minimum Gasteiger partial charge on any atom is -0.351 e. The van der Waals surface area contributed by atoms with E-state index in [4.69, 9.17) is 21.1 Å². The van der Waals surface area contributed by atoms with Crippen LogP contribution >= 0.6 is 23.4 Å². The molecule has 3 heterocycles. The molecular formula is C21H24ClN5O4S. The first-order chi connectivity index (χ1) is 15.5. The second kappa shape index (κ2) is 10.0. The Bertz CT molecular complexity index is 1160. The number of aromatic nitrogens is 4. The predicted molar refractivity (Wildman–Crippen MR) is 123 cm³/mol. The molecule has 1 N–H and O–H groups in total. The molecule has 170 valence electrons. The lowest BCUT2D eigenvalue weighted by atomic mass is 10.2. The molecule has 0 bridgehead atoms. The Kier molecular flexibility index (Phi) is 7.14. The van der Waals surface area contributed by atoms with Crippen LogP contribution in [-0.2, 0) is 14.3 Å². The Morgan fingerprint density at radius 1 is 1.28 bits per heavy atom. The van der Waals surface area contributed by atoms with Crippen molar-refractivity contribution >= 4 is 40.3 Å². The van der Waals surface area contributed by atoms with Gasteiger partial charge in [-0.2, -0.15) is 5.10 Å². The first-order valence-electron chi connectivity index (χ1n) is 10.4. The average Bonchev–Trinajstić information content (AvgIpc) is 3.38. The normalized spacial score (nSPS) is 15.4. The third-order valence-electron chi connectivity index (χ3n) is 5.03. The van der Waals surface area contributed by atoms with Crippen molar-refractivity contribution in [2.24, 2.45) is 0 Å². The van der Waals surface area contributed by atoms with E-state index in [0.717, 1.165) is 5.69 Å². The fourth-order valence-electron chi connectivity index (χ4n) is 3.57. The lowest BCUT2D eigenvalue weighted by Gasteiger charge is -2.18. The molecule has 4 rings (SSSR count). The van der Waals surface area contributed by atoms with Crippen LogP contribution in [0.4, 0.5) is 0 Å². The molecule has 9 nitrogen and oxygen atoms in total. The molecule has 0 saturated heterocycles. The molecule has 1 amide bonds. The summed E-state index contributed by atoms with van der Waals surface area (Å²) < 4.78 is 14.1. The number of nitrogens with zero attached hydrogens (tertiary/aromatic N) is 4. The lowest BCUT2D eigenvalue weighted by molar-refractivity contribution is -0.140. The zero-order valence-electron chi connectivity index (χ0n) is 17.8. The summed E-state index contributed by atoms with van der Waals surface area (Å²) in [4.78, 5) is 30.4. The maximum atomic E-state index is 13.2. The summed E-state index contributed by atoms with van der Waals surface area (Å²) in [7, 11) is 0. The molecule has 1 aliphatic heterocycles. The fourth-order valence-corrected chi connectivity index (χ4v) is 4.83. The number of ether oxygens (including phenoxy) is 2. The summed E-state index contributed by atoms with van der Waals surface area (Å²) >= 11 is 7.43. The van der Waals surface area contributed by atoms with Gasteiger partial charge < -0.3 is 14.8 Å². The predicted octanol–water partition coefficient (Wildman–Crippen LogP) is 2.79. The van der Waals surface area contributed by atoms with E-state index >= 15 is 0 Å². The van der Waals surface area contributed by atoms with Crippen LogP contribution in [0.2, 0.25) is 5.02 Å². The van der Waals surface area contributed by atoms with Gasteiger partial charge in [-0.15, -0.1) is 0 Å². The first-order valence-corrected chi connectivity index (χ1v) is 11.8. The van der Waals surface area contributed by atoms with Crippen LogP contribution in [0.3, 0.4) is 0 Å². The zero-order valence-corrected chi connectivity index (χ0v) is 19.4. The number of nitrogens with one attached hydrogen (secondary N) is 1. The lowest BCUT2D eigenvalue weighted by Crippen LogP contribution is -2.37. The molecular weight excluding hydrogens is 454 g/mol. The van der Waals surface area contributed by atoms with E-state index in [0.29, 0.717) is 40.2 Å². The first kappa shape index (κ1) is 22.8. The fraction of sp³-hybridized carbons (Fsp3) is 0.429. The molecule has 0 saturated carbocycles. The van der Waals surface area contributed by atoms with Gasteiger partial charge in [0.25, 0.3) is 5.56 Å². The van der Waals surface area contributed by atoms with Gasteiger partial charge in [-0.3, -0.25) is 14.2 Å². The van der Waals surface area contributed by atoms with Crippen LogP contribution in [0, 0.1) is 0 Å². The highest BCUT2D eigenvalue weighted by molar-refractivity contribution is 7.99. The molecule has 1 atom stereocenters. The second-order valence-electron chi connectivity index (χ2n) is 7.15. The Morgan fingerprint density at radius 2 is 2.00 bits per heavy atom. The van der Waals surface area contributed by atoms with Crippen molar-refractivity contribution in [2.45, 2.75) is 37.8 Å².